The first kappa shape index (κ1) is 19.6. The fourth-order valence-electron chi connectivity index (χ4n) is 3.20. The monoisotopic (exact) mass is 434 g/mol. The van der Waals surface area contributed by atoms with Crippen LogP contribution in [0.15, 0.2) is 34.9 Å². The molecule has 0 radical (unpaired) electrons. The quantitative estimate of drug-likeness (QED) is 0.550. The summed E-state index contributed by atoms with van der Waals surface area (Å²) in [5.74, 6) is 1.05. The average molecular weight is 435 g/mol. The second kappa shape index (κ2) is 8.36. The Morgan fingerprint density at radius 3 is 2.69 bits per heavy atom. The topological polar surface area (TPSA) is 110 Å². The summed E-state index contributed by atoms with van der Waals surface area (Å²) in [7, 11) is 0. The van der Waals surface area contributed by atoms with Gasteiger partial charge in [-0.2, -0.15) is 0 Å². The van der Waals surface area contributed by atoms with Crippen LogP contribution in [0.25, 0.3) is 22.7 Å². The lowest BCUT2D eigenvalue weighted by atomic mass is 10.0. The Balaban J connectivity index is 1.85. The fraction of sp³-hybridized carbons (Fsp3) is 0.263. The lowest BCUT2D eigenvalue weighted by molar-refractivity contribution is 0.0796. The minimum atomic E-state index is -1.21. The molecule has 3 heterocycles. The Labute approximate surface area is 175 Å². The summed E-state index contributed by atoms with van der Waals surface area (Å²) >= 11 is 12.4. The molecule has 0 aliphatic carbocycles. The summed E-state index contributed by atoms with van der Waals surface area (Å²) in [5.41, 5.74) is 1.68. The largest absolute Gasteiger partial charge is 0.465 e. The molecule has 150 valence electrons. The third-order valence-electron chi connectivity index (χ3n) is 4.57. The molecular weight excluding hydrogens is 419 g/mol. The number of carboxylic acid groups (broad SMARTS) is 1. The summed E-state index contributed by atoms with van der Waals surface area (Å²) in [4.78, 5) is 23.9. The highest BCUT2D eigenvalue weighted by atomic mass is 35.5. The maximum absolute atomic E-state index is 11.1. The third kappa shape index (κ3) is 4.19. The predicted octanol–water partition coefficient (Wildman–Crippen LogP) is 5.09. The zero-order valence-electron chi connectivity index (χ0n) is 15.1. The van der Waals surface area contributed by atoms with E-state index >= 15 is 0 Å². The van der Waals surface area contributed by atoms with Gasteiger partial charge >= 0.3 is 6.09 Å². The van der Waals surface area contributed by atoms with Crippen LogP contribution >= 0.6 is 23.2 Å². The van der Waals surface area contributed by atoms with Crippen molar-refractivity contribution >= 4 is 35.0 Å². The van der Waals surface area contributed by atoms with E-state index in [-0.39, 0.29) is 21.9 Å². The number of rotatable bonds is 4. The average Bonchev–Trinajstić information content (AvgIpc) is 3.15. The van der Waals surface area contributed by atoms with Gasteiger partial charge in [0, 0.05) is 30.9 Å². The summed E-state index contributed by atoms with van der Waals surface area (Å²) in [6, 6.07) is 6.66. The molecule has 0 spiro atoms. The van der Waals surface area contributed by atoms with Gasteiger partial charge in [-0.25, -0.2) is 19.7 Å². The second-order valence-electron chi connectivity index (χ2n) is 6.42. The van der Waals surface area contributed by atoms with Crippen LogP contribution in [-0.4, -0.2) is 39.4 Å². The Bertz CT molecular complexity index is 1050. The number of halogens is 2. The van der Waals surface area contributed by atoms with Gasteiger partial charge in [0.2, 0.25) is 5.28 Å². The third-order valence-corrected chi connectivity index (χ3v) is 5.16. The van der Waals surface area contributed by atoms with E-state index < -0.39 is 6.09 Å². The van der Waals surface area contributed by atoms with Gasteiger partial charge in [-0.15, -0.1) is 0 Å². The Morgan fingerprint density at radius 2 is 1.97 bits per heavy atom. The molecule has 0 bridgehead atoms. The molecular formula is C19H16Cl2N4O4. The number of hydrogen-bond acceptors (Lipinski definition) is 6. The molecule has 4 rings (SSSR count). The van der Waals surface area contributed by atoms with E-state index in [0.717, 1.165) is 12.8 Å². The van der Waals surface area contributed by atoms with E-state index in [4.69, 9.17) is 42.4 Å². The van der Waals surface area contributed by atoms with Crippen molar-refractivity contribution in [2.75, 3.05) is 18.5 Å². The molecule has 0 atom stereocenters. The predicted molar refractivity (Wildman–Crippen MR) is 107 cm³/mol. The van der Waals surface area contributed by atoms with Crippen LogP contribution in [0.3, 0.4) is 0 Å². The number of ether oxygens (including phenoxy) is 1. The molecule has 0 unspecified atom stereocenters. The van der Waals surface area contributed by atoms with Crippen molar-refractivity contribution in [1.82, 2.24) is 15.0 Å². The standard InChI is InChI=1S/C19H16Cl2N4O4/c20-14-11(2-1-3-12(14)24-19(26)27)15-16(13-4-7-22-18(21)23-13)29-17(25-15)10-5-8-28-9-6-10/h1-4,7,10,24H,5-6,8-9H2,(H,26,27). The number of nitrogens with zero attached hydrogens (tertiary/aromatic N) is 3. The number of amides is 1. The smallest absolute Gasteiger partial charge is 0.409 e. The Morgan fingerprint density at radius 1 is 1.17 bits per heavy atom. The fourth-order valence-corrected chi connectivity index (χ4v) is 3.61. The number of aromatic nitrogens is 3. The van der Waals surface area contributed by atoms with Gasteiger partial charge in [-0.05, 0) is 36.6 Å². The van der Waals surface area contributed by atoms with Crippen LogP contribution in [-0.2, 0) is 4.74 Å². The number of carbonyl (C=O) groups is 1. The molecule has 1 fully saturated rings. The first-order chi connectivity index (χ1) is 14.0. The Hall–Kier alpha value is -2.68. The van der Waals surface area contributed by atoms with Gasteiger partial charge in [-0.1, -0.05) is 23.7 Å². The zero-order valence-corrected chi connectivity index (χ0v) is 16.6. The van der Waals surface area contributed by atoms with Crippen molar-refractivity contribution in [1.29, 1.82) is 0 Å². The van der Waals surface area contributed by atoms with Crippen molar-refractivity contribution in [3.05, 3.63) is 46.7 Å². The summed E-state index contributed by atoms with van der Waals surface area (Å²) in [5, 5.41) is 11.6. The van der Waals surface area contributed by atoms with Crippen LogP contribution in [0.1, 0.15) is 24.7 Å². The van der Waals surface area contributed by atoms with Crippen LogP contribution in [0.4, 0.5) is 10.5 Å². The number of nitrogens with one attached hydrogen (secondary N) is 1. The van der Waals surface area contributed by atoms with Crippen molar-refractivity contribution in [2.45, 2.75) is 18.8 Å². The van der Waals surface area contributed by atoms with Gasteiger partial charge < -0.3 is 14.3 Å². The van der Waals surface area contributed by atoms with Crippen molar-refractivity contribution in [3.63, 3.8) is 0 Å². The highest BCUT2D eigenvalue weighted by molar-refractivity contribution is 6.36. The van der Waals surface area contributed by atoms with E-state index in [1.54, 1.807) is 24.3 Å². The zero-order chi connectivity index (χ0) is 20.4. The summed E-state index contributed by atoms with van der Waals surface area (Å²) < 4.78 is 11.5. The molecule has 3 aromatic rings. The minimum absolute atomic E-state index is 0.0739. The number of benzene rings is 1. The van der Waals surface area contributed by atoms with Crippen LogP contribution in [0, 0.1) is 0 Å². The highest BCUT2D eigenvalue weighted by Gasteiger charge is 2.27. The lowest BCUT2D eigenvalue weighted by Crippen LogP contribution is -2.14. The van der Waals surface area contributed by atoms with E-state index in [1.165, 1.54) is 6.20 Å². The minimum Gasteiger partial charge on any atom is -0.465 e. The number of hydrogen-bond donors (Lipinski definition) is 2. The second-order valence-corrected chi connectivity index (χ2v) is 7.14. The van der Waals surface area contributed by atoms with Crippen molar-refractivity contribution < 1.29 is 19.1 Å². The molecule has 2 N–H and O–H groups in total. The number of oxazole rings is 1. The van der Waals surface area contributed by atoms with Crippen molar-refractivity contribution in [3.8, 4) is 22.7 Å². The first-order valence-electron chi connectivity index (χ1n) is 8.89. The van der Waals surface area contributed by atoms with Crippen LogP contribution in [0.2, 0.25) is 10.3 Å². The molecule has 29 heavy (non-hydrogen) atoms. The first-order valence-corrected chi connectivity index (χ1v) is 9.64. The summed E-state index contributed by atoms with van der Waals surface area (Å²) in [6.07, 6.45) is 1.89. The molecule has 10 heteroatoms. The van der Waals surface area contributed by atoms with Gasteiger partial charge in [0.15, 0.2) is 11.7 Å². The van der Waals surface area contributed by atoms with Crippen LogP contribution in [0.5, 0.6) is 0 Å². The van der Waals surface area contributed by atoms with E-state index in [9.17, 15) is 4.79 Å². The maximum atomic E-state index is 11.1. The van der Waals surface area contributed by atoms with Crippen molar-refractivity contribution in [2.24, 2.45) is 0 Å². The van der Waals surface area contributed by atoms with Gasteiger partial charge in [0.25, 0.3) is 0 Å². The van der Waals surface area contributed by atoms with E-state index in [1.807, 2.05) is 0 Å². The normalized spacial score (nSPS) is 14.7. The maximum Gasteiger partial charge on any atom is 0.409 e. The molecule has 0 saturated carbocycles. The van der Waals surface area contributed by atoms with Gasteiger partial charge in [0.05, 0.1) is 10.7 Å². The number of anilines is 1. The van der Waals surface area contributed by atoms with Crippen LogP contribution < -0.4 is 5.32 Å². The van der Waals surface area contributed by atoms with Gasteiger partial charge in [0.1, 0.15) is 11.4 Å². The van der Waals surface area contributed by atoms with Gasteiger partial charge in [-0.3, -0.25) is 5.32 Å². The highest BCUT2D eigenvalue weighted by Crippen LogP contribution is 2.41. The SMILES string of the molecule is O=C(O)Nc1cccc(-c2nc(C3CCOCC3)oc2-c2ccnc(Cl)n2)c1Cl. The Kier molecular flexibility index (Phi) is 5.66. The van der Waals surface area contributed by atoms with E-state index in [0.29, 0.717) is 41.8 Å². The molecule has 1 aromatic carbocycles. The molecule has 1 aliphatic rings. The molecule has 1 amide bonds. The summed E-state index contributed by atoms with van der Waals surface area (Å²) in [6.45, 7) is 1.27. The molecule has 2 aromatic heterocycles. The lowest BCUT2D eigenvalue weighted by Gasteiger charge is -2.18. The molecule has 1 aliphatic heterocycles. The molecule has 1 saturated heterocycles. The van der Waals surface area contributed by atoms with E-state index in [2.05, 4.69) is 15.3 Å². The molecule has 8 nitrogen and oxygen atoms in total.